The van der Waals surface area contributed by atoms with Crippen molar-refractivity contribution in [1.82, 2.24) is 4.98 Å². The SMILES string of the molecule is Cc1ncc(CNc2ccc(-c3ccc(C(=N)N)cc3)cc2F)c(CO)c1OCc1ccc(C(=N)N)cc1. The van der Waals surface area contributed by atoms with Gasteiger partial charge in [0, 0.05) is 29.4 Å². The number of nitrogens with zero attached hydrogens (tertiary/aromatic N) is 1. The highest BCUT2D eigenvalue weighted by atomic mass is 19.1. The van der Waals surface area contributed by atoms with Gasteiger partial charge in [-0.3, -0.25) is 15.8 Å². The van der Waals surface area contributed by atoms with Crippen molar-refractivity contribution < 1.29 is 14.2 Å². The van der Waals surface area contributed by atoms with Crippen LogP contribution in [0.25, 0.3) is 11.1 Å². The minimum absolute atomic E-state index is 0.00493. The van der Waals surface area contributed by atoms with Crippen LogP contribution in [0.15, 0.2) is 72.9 Å². The van der Waals surface area contributed by atoms with Gasteiger partial charge in [-0.15, -0.1) is 0 Å². The third-order valence-corrected chi connectivity index (χ3v) is 6.18. The molecule has 38 heavy (non-hydrogen) atoms. The highest BCUT2D eigenvalue weighted by molar-refractivity contribution is 5.95. The minimum atomic E-state index is -0.422. The predicted molar refractivity (Wildman–Crippen MR) is 147 cm³/mol. The van der Waals surface area contributed by atoms with Crippen molar-refractivity contribution in [3.05, 3.63) is 112 Å². The van der Waals surface area contributed by atoms with Crippen molar-refractivity contribution >= 4 is 17.4 Å². The summed E-state index contributed by atoms with van der Waals surface area (Å²) in [5, 5.41) is 28.2. The van der Waals surface area contributed by atoms with Crippen LogP contribution in [0, 0.1) is 23.6 Å². The Labute approximate surface area is 220 Å². The smallest absolute Gasteiger partial charge is 0.146 e. The van der Waals surface area contributed by atoms with E-state index in [-0.39, 0.29) is 31.4 Å². The Hall–Kier alpha value is -4.76. The molecule has 3 aromatic carbocycles. The molecule has 0 fully saturated rings. The summed E-state index contributed by atoms with van der Waals surface area (Å²) < 4.78 is 21.0. The van der Waals surface area contributed by atoms with E-state index in [4.69, 9.17) is 27.0 Å². The first-order chi connectivity index (χ1) is 18.3. The number of aliphatic hydroxyl groups excluding tert-OH is 1. The monoisotopic (exact) mass is 512 g/mol. The number of aryl methyl sites for hydroxylation is 1. The number of halogens is 1. The molecule has 9 heteroatoms. The summed E-state index contributed by atoms with van der Waals surface area (Å²) in [6.45, 7) is 2.01. The van der Waals surface area contributed by atoms with Crippen molar-refractivity contribution in [2.75, 3.05) is 5.32 Å². The number of nitrogens with two attached hydrogens (primary N) is 2. The number of hydrogen-bond acceptors (Lipinski definition) is 6. The first-order valence-electron chi connectivity index (χ1n) is 11.9. The fourth-order valence-corrected chi connectivity index (χ4v) is 4.00. The Morgan fingerprint density at radius 1 is 0.947 bits per heavy atom. The number of aliphatic hydroxyl groups is 1. The number of anilines is 1. The molecule has 0 atom stereocenters. The molecule has 0 aliphatic heterocycles. The maximum absolute atomic E-state index is 14.9. The molecule has 194 valence electrons. The zero-order chi connectivity index (χ0) is 27.2. The van der Waals surface area contributed by atoms with Gasteiger partial charge in [-0.1, -0.05) is 54.6 Å². The van der Waals surface area contributed by atoms with E-state index in [0.717, 1.165) is 11.1 Å². The molecule has 1 aromatic heterocycles. The van der Waals surface area contributed by atoms with Gasteiger partial charge in [0.1, 0.15) is 29.8 Å². The molecule has 8 N–H and O–H groups in total. The second-order valence-corrected chi connectivity index (χ2v) is 8.77. The fourth-order valence-electron chi connectivity index (χ4n) is 4.00. The lowest BCUT2D eigenvalue weighted by molar-refractivity contribution is 0.256. The van der Waals surface area contributed by atoms with Crippen molar-refractivity contribution in [1.29, 1.82) is 10.8 Å². The Morgan fingerprint density at radius 2 is 1.55 bits per heavy atom. The van der Waals surface area contributed by atoms with E-state index < -0.39 is 5.82 Å². The van der Waals surface area contributed by atoms with Crippen LogP contribution in [-0.4, -0.2) is 21.8 Å². The lowest BCUT2D eigenvalue weighted by atomic mass is 10.0. The molecule has 0 amide bonds. The number of aromatic nitrogens is 1. The van der Waals surface area contributed by atoms with Crippen LogP contribution in [0.4, 0.5) is 10.1 Å². The van der Waals surface area contributed by atoms with Crippen LogP contribution in [0.5, 0.6) is 5.75 Å². The van der Waals surface area contributed by atoms with Gasteiger partial charge in [-0.2, -0.15) is 0 Å². The van der Waals surface area contributed by atoms with E-state index in [2.05, 4.69) is 10.3 Å². The van der Waals surface area contributed by atoms with Crippen molar-refractivity contribution in [2.24, 2.45) is 11.5 Å². The Balaban J connectivity index is 1.47. The summed E-state index contributed by atoms with van der Waals surface area (Å²) in [5.74, 6) is 0.0307. The van der Waals surface area contributed by atoms with Gasteiger partial charge in [0.05, 0.1) is 18.0 Å². The van der Waals surface area contributed by atoms with Crippen LogP contribution in [0.3, 0.4) is 0 Å². The topological polar surface area (TPSA) is 154 Å². The molecule has 0 saturated carbocycles. The second-order valence-electron chi connectivity index (χ2n) is 8.77. The van der Waals surface area contributed by atoms with E-state index in [1.54, 1.807) is 61.7 Å². The highest BCUT2D eigenvalue weighted by Crippen LogP contribution is 2.29. The van der Waals surface area contributed by atoms with E-state index in [1.807, 2.05) is 12.1 Å². The Bertz CT molecular complexity index is 1470. The average Bonchev–Trinajstić information content (AvgIpc) is 2.92. The summed E-state index contributed by atoms with van der Waals surface area (Å²) in [4.78, 5) is 4.41. The number of nitrogen functional groups attached to an aromatic ring is 2. The van der Waals surface area contributed by atoms with Crippen molar-refractivity contribution in [2.45, 2.75) is 26.7 Å². The van der Waals surface area contributed by atoms with Gasteiger partial charge in [0.25, 0.3) is 0 Å². The van der Waals surface area contributed by atoms with Crippen LogP contribution in [-0.2, 0) is 19.8 Å². The predicted octanol–water partition coefficient (Wildman–Crippen LogP) is 4.45. The molecule has 1 heterocycles. The molecular formula is C29H29FN6O2. The maximum Gasteiger partial charge on any atom is 0.146 e. The quantitative estimate of drug-likeness (QED) is 0.136. The van der Waals surface area contributed by atoms with Gasteiger partial charge in [-0.05, 0) is 41.3 Å². The number of hydrogen-bond donors (Lipinski definition) is 6. The van der Waals surface area contributed by atoms with Gasteiger partial charge < -0.3 is 26.6 Å². The van der Waals surface area contributed by atoms with Crippen LogP contribution in [0.2, 0.25) is 0 Å². The summed E-state index contributed by atoms with van der Waals surface area (Å²) in [6.07, 6.45) is 1.64. The lowest BCUT2D eigenvalue weighted by Gasteiger charge is -2.17. The minimum Gasteiger partial charge on any atom is -0.487 e. The molecule has 0 saturated heterocycles. The van der Waals surface area contributed by atoms with Gasteiger partial charge in [-0.25, -0.2) is 4.39 Å². The Morgan fingerprint density at radius 3 is 2.13 bits per heavy atom. The zero-order valence-corrected chi connectivity index (χ0v) is 20.9. The number of nitrogens with one attached hydrogen (secondary N) is 3. The van der Waals surface area contributed by atoms with E-state index in [0.29, 0.717) is 44.9 Å². The van der Waals surface area contributed by atoms with Crippen LogP contribution >= 0.6 is 0 Å². The largest absolute Gasteiger partial charge is 0.487 e. The summed E-state index contributed by atoms with van der Waals surface area (Å²) in [6, 6.07) is 19.1. The molecular weight excluding hydrogens is 483 g/mol. The van der Waals surface area contributed by atoms with Crippen molar-refractivity contribution in [3.8, 4) is 16.9 Å². The van der Waals surface area contributed by atoms with Gasteiger partial charge >= 0.3 is 0 Å². The number of pyridine rings is 1. The lowest BCUT2D eigenvalue weighted by Crippen LogP contribution is -2.11. The molecule has 0 unspecified atom stereocenters. The summed E-state index contributed by atoms with van der Waals surface area (Å²) in [5.41, 5.74) is 16.8. The number of rotatable bonds is 10. The standard InChI is InChI=1S/C29H29FN6O2/c1-17-27(38-16-18-2-4-20(5-3-18)28(31)32)24(15-37)23(13-35-17)14-36-26-11-10-22(12-25(26)30)19-6-8-21(9-7-19)29(33)34/h2-13,36-37H,14-16H2,1H3,(H3,31,32)(H3,33,34). The zero-order valence-electron chi connectivity index (χ0n) is 20.9. The van der Waals surface area contributed by atoms with E-state index in [1.165, 1.54) is 6.07 Å². The molecule has 0 spiro atoms. The molecule has 4 aromatic rings. The average molecular weight is 513 g/mol. The third-order valence-electron chi connectivity index (χ3n) is 6.18. The second kappa shape index (κ2) is 11.5. The Kier molecular flexibility index (Phi) is 7.98. The fraction of sp³-hybridized carbons (Fsp3) is 0.138. The summed E-state index contributed by atoms with van der Waals surface area (Å²) >= 11 is 0. The summed E-state index contributed by atoms with van der Waals surface area (Å²) in [7, 11) is 0. The third kappa shape index (κ3) is 5.96. The molecule has 0 aliphatic rings. The van der Waals surface area contributed by atoms with Crippen molar-refractivity contribution in [3.63, 3.8) is 0 Å². The van der Waals surface area contributed by atoms with Gasteiger partial charge in [0.15, 0.2) is 0 Å². The first-order valence-corrected chi connectivity index (χ1v) is 11.9. The molecule has 0 radical (unpaired) electrons. The van der Waals surface area contributed by atoms with E-state index in [9.17, 15) is 9.50 Å². The molecule has 0 aliphatic carbocycles. The first kappa shape index (κ1) is 26.3. The highest BCUT2D eigenvalue weighted by Gasteiger charge is 2.15. The molecule has 8 nitrogen and oxygen atoms in total. The van der Waals surface area contributed by atoms with Crippen LogP contribution < -0.4 is 21.5 Å². The maximum atomic E-state index is 14.9. The number of ether oxygens (including phenoxy) is 1. The van der Waals surface area contributed by atoms with Gasteiger partial charge in [0.2, 0.25) is 0 Å². The molecule has 0 bridgehead atoms. The number of amidine groups is 2. The van der Waals surface area contributed by atoms with E-state index >= 15 is 0 Å². The number of benzene rings is 3. The van der Waals surface area contributed by atoms with Crippen LogP contribution in [0.1, 0.15) is 33.5 Å². The molecule has 4 rings (SSSR count). The normalized spacial score (nSPS) is 10.7.